The van der Waals surface area contributed by atoms with Crippen LogP contribution in [-0.4, -0.2) is 22.6 Å². The molecule has 33 heavy (non-hydrogen) atoms. The monoisotopic (exact) mass is 656 g/mol. The zero-order valence-electron chi connectivity index (χ0n) is 21.3. The van der Waals surface area contributed by atoms with E-state index < -0.39 is 0 Å². The Hall–Kier alpha value is 0.982. The minimum atomic E-state index is 0. The van der Waals surface area contributed by atoms with Gasteiger partial charge in [-0.1, -0.05) is 107 Å². The first kappa shape index (κ1) is 38.5. The van der Waals surface area contributed by atoms with Crippen molar-refractivity contribution in [3.8, 4) is 0 Å². The summed E-state index contributed by atoms with van der Waals surface area (Å²) in [6.45, 7) is 18.7. The zero-order chi connectivity index (χ0) is 22.5. The van der Waals surface area contributed by atoms with E-state index in [0.717, 1.165) is 35.5 Å². The maximum absolute atomic E-state index is 2.46. The third kappa shape index (κ3) is 17.1. The van der Waals surface area contributed by atoms with Crippen LogP contribution in [0.1, 0.15) is 65.1 Å². The number of thiophene rings is 2. The van der Waals surface area contributed by atoms with Crippen LogP contribution in [0.4, 0.5) is 0 Å². The summed E-state index contributed by atoms with van der Waals surface area (Å²) in [6, 6.07) is 8.67. The Morgan fingerprint density at radius 2 is 0.939 bits per heavy atom. The second-order valence-electron chi connectivity index (χ2n) is 8.61. The van der Waals surface area contributed by atoms with Gasteiger partial charge in [-0.05, 0) is 45.5 Å². The van der Waals surface area contributed by atoms with E-state index in [1.54, 1.807) is 0 Å². The van der Waals surface area contributed by atoms with Gasteiger partial charge in [-0.3, -0.25) is 0 Å². The molecule has 0 saturated carbocycles. The van der Waals surface area contributed by atoms with Crippen LogP contribution in [0.3, 0.4) is 0 Å². The average molecular weight is 658 g/mol. The molecule has 0 atom stereocenters. The molecule has 2 heterocycles. The van der Waals surface area contributed by atoms with E-state index >= 15 is 0 Å². The van der Waals surface area contributed by atoms with Crippen molar-refractivity contribution in [3.05, 3.63) is 68.6 Å². The van der Waals surface area contributed by atoms with Crippen LogP contribution >= 0.6 is 38.5 Å². The molecule has 0 spiro atoms. The van der Waals surface area contributed by atoms with Gasteiger partial charge in [0.05, 0.1) is 0 Å². The molecular weight excluding hydrogens is 616 g/mol. The van der Waals surface area contributed by atoms with E-state index in [9.17, 15) is 0 Å². The van der Waals surface area contributed by atoms with Gasteiger partial charge in [0.15, 0.2) is 0 Å². The smallest absolute Gasteiger partial charge is 1.00 e. The van der Waals surface area contributed by atoms with E-state index in [0.29, 0.717) is 0 Å². The van der Waals surface area contributed by atoms with E-state index in [4.69, 9.17) is 0 Å². The van der Waals surface area contributed by atoms with Crippen LogP contribution < -0.4 is 24.8 Å². The molecule has 2 rings (SSSR count). The van der Waals surface area contributed by atoms with Crippen molar-refractivity contribution in [3.63, 3.8) is 0 Å². The molecule has 2 aromatic heterocycles. The molecule has 0 radical (unpaired) electrons. The Bertz CT molecular complexity index is 634. The molecule has 192 valence electrons. The standard InChI is InChI=1S/2C13H21PS.2ClH.Pd/c2*1-11(2)14(12(3)4)9-5-7-13-8-6-10-15-13;;;/h2*5-6,8-12H,7H2,1-4H3;2*1H;/q;;;;+2/p-2. The van der Waals surface area contributed by atoms with Gasteiger partial charge >= 0.3 is 20.4 Å². The van der Waals surface area contributed by atoms with Crippen molar-refractivity contribution in [1.29, 1.82) is 0 Å². The molecule has 0 aliphatic heterocycles. The summed E-state index contributed by atoms with van der Waals surface area (Å²) in [5.41, 5.74) is 3.22. The van der Waals surface area contributed by atoms with Crippen molar-refractivity contribution in [2.75, 3.05) is 0 Å². The second kappa shape index (κ2) is 22.2. The third-order valence-corrected chi connectivity index (χ3v) is 12.4. The fraction of sp³-hybridized carbons (Fsp3) is 0.538. The average Bonchev–Trinajstić information content (AvgIpc) is 3.35. The molecule has 0 saturated heterocycles. The predicted molar refractivity (Wildman–Crippen MR) is 149 cm³/mol. The van der Waals surface area contributed by atoms with Crippen molar-refractivity contribution < 1.29 is 45.2 Å². The Labute approximate surface area is 241 Å². The maximum Gasteiger partial charge on any atom is 2.00 e. The first-order chi connectivity index (χ1) is 14.2. The molecule has 0 amide bonds. The fourth-order valence-corrected chi connectivity index (χ4v) is 9.14. The Balaban J connectivity index is -0.000000500. The van der Waals surface area contributed by atoms with Gasteiger partial charge in [0.1, 0.15) is 0 Å². The number of halogens is 2. The van der Waals surface area contributed by atoms with Gasteiger partial charge in [0.25, 0.3) is 0 Å². The molecule has 2 aromatic rings. The quantitative estimate of drug-likeness (QED) is 0.266. The number of allylic oxidation sites excluding steroid dienone is 2. The molecule has 0 unspecified atom stereocenters. The molecule has 0 fully saturated rings. The van der Waals surface area contributed by atoms with Crippen LogP contribution in [0.25, 0.3) is 0 Å². The van der Waals surface area contributed by atoms with Gasteiger partial charge < -0.3 is 24.8 Å². The normalized spacial score (nSPS) is 11.3. The number of rotatable bonds is 10. The van der Waals surface area contributed by atoms with E-state index in [1.807, 2.05) is 22.7 Å². The van der Waals surface area contributed by atoms with Gasteiger partial charge in [-0.15, -0.1) is 22.7 Å². The Morgan fingerprint density at radius 1 is 0.636 bits per heavy atom. The Kier molecular flexibility index (Phi) is 25.9. The summed E-state index contributed by atoms with van der Waals surface area (Å²) < 4.78 is 0. The van der Waals surface area contributed by atoms with E-state index in [1.165, 1.54) is 9.75 Å². The van der Waals surface area contributed by atoms with Crippen LogP contribution in [0.2, 0.25) is 0 Å². The van der Waals surface area contributed by atoms with E-state index in [2.05, 4.69) is 114 Å². The van der Waals surface area contributed by atoms with Crippen molar-refractivity contribution in [2.24, 2.45) is 0 Å². The van der Waals surface area contributed by atoms with Crippen LogP contribution in [0, 0.1) is 0 Å². The minimum absolute atomic E-state index is 0. The third-order valence-electron chi connectivity index (χ3n) is 4.74. The number of hydrogen-bond acceptors (Lipinski definition) is 2. The van der Waals surface area contributed by atoms with Crippen molar-refractivity contribution in [1.82, 2.24) is 0 Å². The molecule has 0 aromatic carbocycles. The zero-order valence-corrected chi connectivity index (χ0v) is 27.8. The SMILES string of the molecule is CC(C)P(C=CCc1cccs1)C(C)C.CC(C)P(C=CCc1cccs1)C(C)C.[Cl-].[Cl-].[Pd+2]. The fourth-order valence-electron chi connectivity index (χ4n) is 3.32. The van der Waals surface area contributed by atoms with Gasteiger partial charge in [0.2, 0.25) is 0 Å². The van der Waals surface area contributed by atoms with Crippen LogP contribution in [0.5, 0.6) is 0 Å². The molecule has 7 heteroatoms. The van der Waals surface area contributed by atoms with Gasteiger partial charge in [-0.2, -0.15) is 0 Å². The van der Waals surface area contributed by atoms with Crippen molar-refractivity contribution in [2.45, 2.75) is 90.9 Å². The largest absolute Gasteiger partial charge is 2.00 e. The summed E-state index contributed by atoms with van der Waals surface area (Å²) in [7, 11) is 0.127. The minimum Gasteiger partial charge on any atom is -1.00 e. The summed E-state index contributed by atoms with van der Waals surface area (Å²) in [5, 5.41) is 4.30. The summed E-state index contributed by atoms with van der Waals surface area (Å²) in [4.78, 5) is 2.93. The number of hydrogen-bond donors (Lipinski definition) is 0. The summed E-state index contributed by atoms with van der Waals surface area (Å²) in [6.07, 6.45) is 6.93. The van der Waals surface area contributed by atoms with Crippen LogP contribution in [0.15, 0.2) is 58.8 Å². The topological polar surface area (TPSA) is 0 Å². The molecule has 0 nitrogen and oxygen atoms in total. The molecule has 0 bridgehead atoms. The first-order valence-electron chi connectivity index (χ1n) is 11.1. The molecular formula is C26H42Cl2P2PdS2. The molecule has 0 aliphatic carbocycles. The molecule has 0 aliphatic rings. The van der Waals surface area contributed by atoms with Gasteiger partial charge in [-0.25, -0.2) is 0 Å². The van der Waals surface area contributed by atoms with Gasteiger partial charge in [0, 0.05) is 22.6 Å². The van der Waals surface area contributed by atoms with Crippen LogP contribution in [-0.2, 0) is 33.3 Å². The Morgan fingerprint density at radius 3 is 1.15 bits per heavy atom. The van der Waals surface area contributed by atoms with E-state index in [-0.39, 0.29) is 61.1 Å². The maximum atomic E-state index is 2.46. The summed E-state index contributed by atoms with van der Waals surface area (Å²) in [5.74, 6) is 4.93. The first-order valence-corrected chi connectivity index (χ1v) is 16.0. The summed E-state index contributed by atoms with van der Waals surface area (Å²) >= 11 is 3.69. The predicted octanol–water partition coefficient (Wildman–Crippen LogP) is 4.21. The van der Waals surface area contributed by atoms with Crippen molar-refractivity contribution >= 4 is 38.5 Å². The molecule has 0 N–H and O–H groups in total. The second-order valence-corrected chi connectivity index (χ2v) is 17.2.